The topological polar surface area (TPSA) is 46.2 Å². The van der Waals surface area contributed by atoms with Gasteiger partial charge in [0.1, 0.15) is 17.6 Å². The van der Waals surface area contributed by atoms with E-state index < -0.39 is 0 Å². The summed E-state index contributed by atoms with van der Waals surface area (Å²) >= 11 is 0. The van der Waals surface area contributed by atoms with E-state index in [4.69, 9.17) is 23.7 Å². The van der Waals surface area contributed by atoms with Gasteiger partial charge in [0, 0.05) is 25.9 Å². The SMILES string of the molecule is CCCCCCCCCCCCCCCCCCOC1CC(COc2cc(OC)ccc2C)CC(OCCCCCCCCCCCCCCCCCC)C1OCCCCCCCCCCCCCCCCCC. The van der Waals surface area contributed by atoms with Crippen molar-refractivity contribution < 1.29 is 23.7 Å². The number of unbranched alkanes of at least 4 members (excludes halogenated alkanes) is 45. The van der Waals surface area contributed by atoms with Crippen LogP contribution in [-0.2, 0) is 14.2 Å². The zero-order valence-electron chi connectivity index (χ0n) is 50.8. The van der Waals surface area contributed by atoms with E-state index in [-0.39, 0.29) is 18.3 Å². The van der Waals surface area contributed by atoms with Crippen LogP contribution in [0.25, 0.3) is 0 Å². The Morgan fingerprint density at radius 3 is 0.905 bits per heavy atom. The number of benzene rings is 1. The quantitative estimate of drug-likeness (QED) is 0.0609. The maximum absolute atomic E-state index is 6.95. The van der Waals surface area contributed by atoms with Gasteiger partial charge in [-0.25, -0.2) is 0 Å². The first-order valence-electron chi connectivity index (χ1n) is 33.7. The van der Waals surface area contributed by atoms with E-state index in [9.17, 15) is 0 Å². The molecule has 0 spiro atoms. The Labute approximate surface area is 463 Å². The van der Waals surface area contributed by atoms with E-state index >= 15 is 0 Å². The first kappa shape index (κ1) is 68.8. The molecule has 0 radical (unpaired) electrons. The Bertz CT molecular complexity index is 1220. The lowest BCUT2D eigenvalue weighted by Gasteiger charge is -2.41. The summed E-state index contributed by atoms with van der Waals surface area (Å²) in [5.74, 6) is 2.11. The van der Waals surface area contributed by atoms with Gasteiger partial charge in [-0.3, -0.25) is 0 Å². The molecule has 0 N–H and O–H groups in total. The minimum atomic E-state index is -0.0109. The molecule has 2 unspecified atom stereocenters. The van der Waals surface area contributed by atoms with Crippen molar-refractivity contribution in [2.45, 2.75) is 367 Å². The van der Waals surface area contributed by atoms with Crippen LogP contribution in [0.5, 0.6) is 11.5 Å². The van der Waals surface area contributed by atoms with E-state index in [1.54, 1.807) is 7.11 Å². The number of rotatable bonds is 58. The molecule has 5 nitrogen and oxygen atoms in total. The van der Waals surface area contributed by atoms with Crippen molar-refractivity contribution in [3.05, 3.63) is 23.8 Å². The number of ether oxygens (including phenoxy) is 5. The Morgan fingerprint density at radius 1 is 0.351 bits per heavy atom. The molecule has 1 fully saturated rings. The van der Waals surface area contributed by atoms with Gasteiger partial charge in [-0.15, -0.1) is 0 Å². The smallest absolute Gasteiger partial charge is 0.125 e. The molecule has 0 amide bonds. The van der Waals surface area contributed by atoms with Crippen LogP contribution >= 0.6 is 0 Å². The van der Waals surface area contributed by atoms with Gasteiger partial charge in [-0.1, -0.05) is 316 Å². The fourth-order valence-corrected chi connectivity index (χ4v) is 11.6. The number of methoxy groups -OCH3 is 1. The molecule has 2 rings (SSSR count). The summed E-state index contributed by atoms with van der Waals surface area (Å²) in [6.07, 6.45) is 68.5. The highest BCUT2D eigenvalue weighted by Gasteiger charge is 2.40. The molecule has 0 saturated heterocycles. The molecule has 436 valence electrons. The minimum absolute atomic E-state index is 0.0109. The van der Waals surface area contributed by atoms with Crippen molar-refractivity contribution in [3.8, 4) is 11.5 Å². The fraction of sp³-hybridized carbons (Fsp3) is 0.913. The van der Waals surface area contributed by atoms with Gasteiger partial charge in [0.05, 0.1) is 25.9 Å². The zero-order valence-corrected chi connectivity index (χ0v) is 50.8. The van der Waals surface area contributed by atoms with Crippen LogP contribution in [0.15, 0.2) is 18.2 Å². The summed E-state index contributed by atoms with van der Waals surface area (Å²) in [4.78, 5) is 0. The molecular weight excluding hydrogens is 909 g/mol. The molecule has 1 aliphatic rings. The molecule has 0 aliphatic heterocycles. The third-order valence-electron chi connectivity index (χ3n) is 16.7. The summed E-state index contributed by atoms with van der Waals surface area (Å²) in [5.41, 5.74) is 1.15. The number of hydrogen-bond donors (Lipinski definition) is 0. The second-order valence-electron chi connectivity index (χ2n) is 23.8. The largest absolute Gasteiger partial charge is 0.497 e. The molecular formula is C69H130O5. The normalized spacial score (nSPS) is 16.9. The Morgan fingerprint density at radius 2 is 0.622 bits per heavy atom. The summed E-state index contributed by atoms with van der Waals surface area (Å²) in [6, 6.07) is 6.17. The van der Waals surface area contributed by atoms with Gasteiger partial charge in [0.25, 0.3) is 0 Å². The van der Waals surface area contributed by atoms with E-state index in [1.807, 2.05) is 12.1 Å². The van der Waals surface area contributed by atoms with Gasteiger partial charge in [0.2, 0.25) is 0 Å². The summed E-state index contributed by atoms with van der Waals surface area (Å²) in [7, 11) is 1.73. The first-order valence-corrected chi connectivity index (χ1v) is 33.7. The molecule has 5 heteroatoms. The summed E-state index contributed by atoms with van der Waals surface area (Å²) in [5, 5.41) is 0. The van der Waals surface area contributed by atoms with Crippen LogP contribution in [0.1, 0.15) is 347 Å². The highest BCUT2D eigenvalue weighted by Crippen LogP contribution is 2.34. The first-order chi connectivity index (χ1) is 36.6. The van der Waals surface area contributed by atoms with Gasteiger partial charge in [0.15, 0.2) is 0 Å². The molecule has 1 saturated carbocycles. The van der Waals surface area contributed by atoms with Crippen molar-refractivity contribution in [2.24, 2.45) is 5.92 Å². The van der Waals surface area contributed by atoms with E-state index in [1.165, 1.54) is 289 Å². The van der Waals surface area contributed by atoms with Gasteiger partial charge in [-0.05, 0) is 56.6 Å². The van der Waals surface area contributed by atoms with E-state index in [0.29, 0.717) is 12.5 Å². The van der Waals surface area contributed by atoms with Crippen molar-refractivity contribution in [3.63, 3.8) is 0 Å². The van der Waals surface area contributed by atoms with Gasteiger partial charge in [-0.2, -0.15) is 0 Å². The van der Waals surface area contributed by atoms with E-state index in [0.717, 1.165) is 69.0 Å². The summed E-state index contributed by atoms with van der Waals surface area (Å²) in [6.45, 7) is 12.2. The Balaban J connectivity index is 1.85. The van der Waals surface area contributed by atoms with Crippen molar-refractivity contribution in [1.29, 1.82) is 0 Å². The van der Waals surface area contributed by atoms with E-state index in [2.05, 4.69) is 33.8 Å². The standard InChI is InChI=1S/C69H130O5/c1-6-9-12-15-18-21-24-27-30-33-36-39-42-45-48-51-56-71-67-59-64(62-74-66-61-65(70-5)55-54-63(66)4)60-68(72-57-52-49-46-43-40-37-34-31-28-25-22-19-16-13-10-7-2)69(67)73-58-53-50-47-44-41-38-35-32-29-26-23-20-17-14-11-8-3/h54-55,61,64,67-69H,6-53,56-60,62H2,1-5H3. The third kappa shape index (κ3) is 40.8. The second-order valence-corrected chi connectivity index (χ2v) is 23.8. The average Bonchev–Trinajstić information content (AvgIpc) is 3.41. The van der Waals surface area contributed by atoms with Crippen LogP contribution in [0, 0.1) is 12.8 Å². The molecule has 1 aromatic carbocycles. The summed E-state index contributed by atoms with van der Waals surface area (Å²) < 4.78 is 33.0. The average molecular weight is 1040 g/mol. The van der Waals surface area contributed by atoms with Crippen LogP contribution in [0.2, 0.25) is 0 Å². The predicted octanol–water partition coefficient (Wildman–Crippen LogP) is 22.7. The molecule has 1 aromatic rings. The third-order valence-corrected chi connectivity index (χ3v) is 16.7. The lowest BCUT2D eigenvalue weighted by molar-refractivity contribution is -0.172. The minimum Gasteiger partial charge on any atom is -0.497 e. The number of hydrogen-bond acceptors (Lipinski definition) is 5. The Kier molecular flexibility index (Phi) is 49.9. The van der Waals surface area contributed by atoms with Crippen molar-refractivity contribution in [2.75, 3.05) is 33.5 Å². The number of aryl methyl sites for hydroxylation is 1. The van der Waals surface area contributed by atoms with Gasteiger partial charge >= 0.3 is 0 Å². The zero-order chi connectivity index (χ0) is 52.9. The van der Waals surface area contributed by atoms with Gasteiger partial charge < -0.3 is 23.7 Å². The molecule has 0 heterocycles. The molecule has 1 aliphatic carbocycles. The maximum Gasteiger partial charge on any atom is 0.125 e. The Hall–Kier alpha value is -1.30. The van der Waals surface area contributed by atoms with Crippen LogP contribution in [0.3, 0.4) is 0 Å². The second kappa shape index (κ2) is 53.7. The van der Waals surface area contributed by atoms with Crippen LogP contribution in [-0.4, -0.2) is 51.8 Å². The lowest BCUT2D eigenvalue weighted by Crippen LogP contribution is -2.50. The monoisotopic (exact) mass is 1040 g/mol. The lowest BCUT2D eigenvalue weighted by atomic mass is 9.83. The highest BCUT2D eigenvalue weighted by molar-refractivity contribution is 5.39. The molecule has 2 atom stereocenters. The maximum atomic E-state index is 6.95. The van der Waals surface area contributed by atoms with Crippen LogP contribution in [0.4, 0.5) is 0 Å². The molecule has 0 bridgehead atoms. The molecule has 0 aromatic heterocycles. The predicted molar refractivity (Wildman–Crippen MR) is 324 cm³/mol. The van der Waals surface area contributed by atoms with Crippen molar-refractivity contribution in [1.82, 2.24) is 0 Å². The van der Waals surface area contributed by atoms with Crippen LogP contribution < -0.4 is 9.47 Å². The fourth-order valence-electron chi connectivity index (χ4n) is 11.6. The molecule has 74 heavy (non-hydrogen) atoms. The highest BCUT2D eigenvalue weighted by atomic mass is 16.6. The van der Waals surface area contributed by atoms with Crippen molar-refractivity contribution >= 4 is 0 Å².